The van der Waals surface area contributed by atoms with Crippen LogP contribution < -0.4 is 5.73 Å². The Balaban J connectivity index is 2.64. The van der Waals surface area contributed by atoms with Crippen LogP contribution in [0.2, 0.25) is 0 Å². The molecule has 0 saturated heterocycles. The Morgan fingerprint density at radius 2 is 1.62 bits per heavy atom. The third-order valence-corrected chi connectivity index (χ3v) is 3.80. The minimum Gasteiger partial charge on any atom is -0.330 e. The lowest BCUT2D eigenvalue weighted by molar-refractivity contribution is 0.212. The fraction of sp³-hybridized carbons (Fsp3) is 0.667. The summed E-state index contributed by atoms with van der Waals surface area (Å²) < 4.78 is 0. The van der Waals surface area contributed by atoms with E-state index in [1.165, 1.54) is 11.1 Å². The highest BCUT2D eigenvalue weighted by Crippen LogP contribution is 2.16. The third-order valence-electron chi connectivity index (χ3n) is 3.80. The number of rotatable bonds is 9. The molecule has 0 aliphatic carbocycles. The molecule has 21 heavy (non-hydrogen) atoms. The zero-order valence-electron chi connectivity index (χ0n) is 14.5. The summed E-state index contributed by atoms with van der Waals surface area (Å²) in [6.45, 7) is 11.9. The lowest BCUT2D eigenvalue weighted by Crippen LogP contribution is -2.34. The highest BCUT2D eigenvalue weighted by Gasteiger charge is 2.09. The average Bonchev–Trinajstić information content (AvgIpc) is 2.44. The van der Waals surface area contributed by atoms with Crippen LogP contribution in [-0.2, 0) is 6.54 Å². The van der Waals surface area contributed by atoms with E-state index < -0.39 is 0 Å². The standard InChI is InChI=1S/C18H33N3/c1-15(2)13-21(11-10-20(4)5)14-17-6-8-18(9-7-17)16(3)12-19/h6-9,15-16H,10-14,19H2,1-5H3. The van der Waals surface area contributed by atoms with Crippen LogP contribution in [0.15, 0.2) is 24.3 Å². The predicted octanol–water partition coefficient (Wildman–Crippen LogP) is 2.77. The second kappa shape index (κ2) is 9.19. The summed E-state index contributed by atoms with van der Waals surface area (Å²) in [5, 5.41) is 0. The summed E-state index contributed by atoms with van der Waals surface area (Å²) >= 11 is 0. The van der Waals surface area contributed by atoms with E-state index in [1.807, 2.05) is 0 Å². The van der Waals surface area contributed by atoms with Crippen LogP contribution in [-0.4, -0.2) is 50.1 Å². The van der Waals surface area contributed by atoms with Crippen LogP contribution in [0.1, 0.15) is 37.8 Å². The molecule has 0 spiro atoms. The van der Waals surface area contributed by atoms with Gasteiger partial charge in [0.2, 0.25) is 0 Å². The maximum absolute atomic E-state index is 5.73. The van der Waals surface area contributed by atoms with Gasteiger partial charge in [0.05, 0.1) is 0 Å². The Morgan fingerprint density at radius 1 is 1.00 bits per heavy atom. The van der Waals surface area contributed by atoms with Crippen LogP contribution in [0, 0.1) is 5.92 Å². The first kappa shape index (κ1) is 18.1. The van der Waals surface area contributed by atoms with Crippen molar-refractivity contribution in [1.29, 1.82) is 0 Å². The summed E-state index contributed by atoms with van der Waals surface area (Å²) in [5.41, 5.74) is 8.46. The van der Waals surface area contributed by atoms with Gasteiger partial charge in [-0.05, 0) is 43.6 Å². The van der Waals surface area contributed by atoms with Gasteiger partial charge in [0.25, 0.3) is 0 Å². The van der Waals surface area contributed by atoms with Crippen molar-refractivity contribution in [3.63, 3.8) is 0 Å². The van der Waals surface area contributed by atoms with Gasteiger partial charge in [-0.3, -0.25) is 4.90 Å². The highest BCUT2D eigenvalue weighted by molar-refractivity contribution is 5.25. The van der Waals surface area contributed by atoms with E-state index in [0.29, 0.717) is 18.4 Å². The first-order valence-corrected chi connectivity index (χ1v) is 8.08. The Bertz CT molecular complexity index is 384. The Morgan fingerprint density at radius 3 is 2.10 bits per heavy atom. The van der Waals surface area contributed by atoms with Crippen molar-refractivity contribution in [3.8, 4) is 0 Å². The molecule has 0 radical (unpaired) electrons. The summed E-state index contributed by atoms with van der Waals surface area (Å²) in [4.78, 5) is 4.80. The molecule has 2 N–H and O–H groups in total. The van der Waals surface area contributed by atoms with Gasteiger partial charge in [-0.2, -0.15) is 0 Å². The van der Waals surface area contributed by atoms with Crippen LogP contribution in [0.4, 0.5) is 0 Å². The normalized spacial score (nSPS) is 13.4. The predicted molar refractivity (Wildman–Crippen MR) is 92.6 cm³/mol. The average molecular weight is 291 g/mol. The van der Waals surface area contributed by atoms with Gasteiger partial charge >= 0.3 is 0 Å². The Kier molecular flexibility index (Phi) is 7.94. The molecule has 1 atom stereocenters. The van der Waals surface area contributed by atoms with Crippen molar-refractivity contribution in [1.82, 2.24) is 9.80 Å². The second-order valence-corrected chi connectivity index (χ2v) is 6.81. The van der Waals surface area contributed by atoms with E-state index in [4.69, 9.17) is 5.73 Å². The maximum atomic E-state index is 5.73. The van der Waals surface area contributed by atoms with Crippen molar-refractivity contribution < 1.29 is 0 Å². The molecule has 120 valence electrons. The number of likely N-dealkylation sites (N-methyl/N-ethyl adjacent to an activating group) is 1. The highest BCUT2D eigenvalue weighted by atomic mass is 15.2. The maximum Gasteiger partial charge on any atom is 0.0234 e. The van der Waals surface area contributed by atoms with Gasteiger partial charge in [0.1, 0.15) is 0 Å². The van der Waals surface area contributed by atoms with Gasteiger partial charge < -0.3 is 10.6 Å². The van der Waals surface area contributed by atoms with E-state index in [0.717, 1.165) is 26.2 Å². The SMILES string of the molecule is CC(C)CN(CCN(C)C)Cc1ccc(C(C)CN)cc1. The molecule has 1 unspecified atom stereocenters. The molecule has 1 aromatic rings. The van der Waals surface area contributed by atoms with Gasteiger partial charge in [0, 0.05) is 26.2 Å². The molecule has 0 saturated carbocycles. The lowest BCUT2D eigenvalue weighted by Gasteiger charge is -2.26. The molecular weight excluding hydrogens is 258 g/mol. The molecule has 1 rings (SSSR count). The third kappa shape index (κ3) is 7.07. The topological polar surface area (TPSA) is 32.5 Å². The molecule has 0 heterocycles. The second-order valence-electron chi connectivity index (χ2n) is 6.81. The number of hydrogen-bond donors (Lipinski definition) is 1. The summed E-state index contributed by atoms with van der Waals surface area (Å²) in [5.74, 6) is 1.14. The van der Waals surface area contributed by atoms with E-state index >= 15 is 0 Å². The first-order chi connectivity index (χ1) is 9.92. The Labute approximate surface area is 131 Å². The van der Waals surface area contributed by atoms with E-state index in [2.05, 4.69) is 68.9 Å². The van der Waals surface area contributed by atoms with Crippen LogP contribution in [0.3, 0.4) is 0 Å². The summed E-state index contributed by atoms with van der Waals surface area (Å²) in [7, 11) is 4.27. The molecule has 0 amide bonds. The monoisotopic (exact) mass is 291 g/mol. The summed E-state index contributed by atoms with van der Waals surface area (Å²) in [6, 6.07) is 8.97. The van der Waals surface area contributed by atoms with Gasteiger partial charge in [-0.15, -0.1) is 0 Å². The molecule has 0 aliphatic rings. The number of nitrogens with two attached hydrogens (primary N) is 1. The fourth-order valence-corrected chi connectivity index (χ4v) is 2.44. The number of hydrogen-bond acceptors (Lipinski definition) is 3. The minimum absolute atomic E-state index is 0.444. The van der Waals surface area contributed by atoms with Crippen LogP contribution in [0.25, 0.3) is 0 Å². The smallest absolute Gasteiger partial charge is 0.0234 e. The van der Waals surface area contributed by atoms with E-state index in [-0.39, 0.29) is 0 Å². The Hall–Kier alpha value is -0.900. The van der Waals surface area contributed by atoms with E-state index in [1.54, 1.807) is 0 Å². The van der Waals surface area contributed by atoms with Gasteiger partial charge in [-0.25, -0.2) is 0 Å². The van der Waals surface area contributed by atoms with Crippen molar-refractivity contribution in [2.24, 2.45) is 11.7 Å². The molecule has 0 bridgehead atoms. The van der Waals surface area contributed by atoms with Crippen molar-refractivity contribution in [2.75, 3.05) is 40.3 Å². The minimum atomic E-state index is 0.444. The lowest BCUT2D eigenvalue weighted by atomic mass is 10.00. The van der Waals surface area contributed by atoms with Crippen molar-refractivity contribution in [3.05, 3.63) is 35.4 Å². The van der Waals surface area contributed by atoms with Gasteiger partial charge in [-0.1, -0.05) is 45.0 Å². The van der Waals surface area contributed by atoms with E-state index in [9.17, 15) is 0 Å². The molecule has 0 aliphatic heterocycles. The fourth-order valence-electron chi connectivity index (χ4n) is 2.44. The number of benzene rings is 1. The van der Waals surface area contributed by atoms with Gasteiger partial charge in [0.15, 0.2) is 0 Å². The molecular formula is C18H33N3. The number of nitrogens with zero attached hydrogens (tertiary/aromatic N) is 2. The van der Waals surface area contributed by atoms with Crippen molar-refractivity contribution >= 4 is 0 Å². The summed E-state index contributed by atoms with van der Waals surface area (Å²) in [6.07, 6.45) is 0. The van der Waals surface area contributed by atoms with Crippen molar-refractivity contribution in [2.45, 2.75) is 33.2 Å². The van der Waals surface area contributed by atoms with Crippen LogP contribution in [0.5, 0.6) is 0 Å². The zero-order chi connectivity index (χ0) is 15.8. The molecule has 0 aromatic heterocycles. The first-order valence-electron chi connectivity index (χ1n) is 8.08. The largest absolute Gasteiger partial charge is 0.330 e. The molecule has 3 heteroatoms. The molecule has 3 nitrogen and oxygen atoms in total. The zero-order valence-corrected chi connectivity index (χ0v) is 14.5. The quantitative estimate of drug-likeness (QED) is 0.759. The van der Waals surface area contributed by atoms with Crippen LogP contribution >= 0.6 is 0 Å². The molecule has 0 fully saturated rings. The molecule has 1 aromatic carbocycles.